The van der Waals surface area contributed by atoms with Gasteiger partial charge in [0.2, 0.25) is 5.82 Å². The molecule has 0 N–H and O–H groups in total. The van der Waals surface area contributed by atoms with Gasteiger partial charge in [-0.1, -0.05) is 0 Å². The van der Waals surface area contributed by atoms with Crippen LogP contribution in [0.5, 0.6) is 5.75 Å². The zero-order valence-corrected chi connectivity index (χ0v) is 19.4. The zero-order chi connectivity index (χ0) is 24.9. The molecule has 2 fully saturated rings. The number of hydrogen-bond donors (Lipinski definition) is 0. The summed E-state index contributed by atoms with van der Waals surface area (Å²) in [5.74, 6) is -6.21. The summed E-state index contributed by atoms with van der Waals surface area (Å²) in [5, 5.41) is 0. The molecule has 0 spiro atoms. The lowest BCUT2D eigenvalue weighted by Gasteiger charge is -2.33. The Bertz CT molecular complexity index is 790. The van der Waals surface area contributed by atoms with Crippen LogP contribution in [0.4, 0.5) is 26.3 Å². The van der Waals surface area contributed by atoms with E-state index in [9.17, 15) is 26.3 Å². The van der Waals surface area contributed by atoms with Crippen LogP contribution in [0.3, 0.4) is 0 Å². The maximum Gasteiger partial charge on any atom is 0.400 e. The van der Waals surface area contributed by atoms with Gasteiger partial charge in [-0.25, -0.2) is 4.39 Å². The smallest absolute Gasteiger partial charge is 0.400 e. The van der Waals surface area contributed by atoms with Crippen molar-refractivity contribution < 1.29 is 45.3 Å². The third-order valence-corrected chi connectivity index (χ3v) is 6.50. The van der Waals surface area contributed by atoms with E-state index in [1.54, 1.807) is 0 Å². The summed E-state index contributed by atoms with van der Waals surface area (Å²) in [4.78, 5) is 0. The summed E-state index contributed by atoms with van der Waals surface area (Å²) >= 11 is 0. The normalized spacial score (nSPS) is 26.5. The second-order valence-electron chi connectivity index (χ2n) is 8.82. The first-order chi connectivity index (χ1) is 16.1. The van der Waals surface area contributed by atoms with E-state index in [2.05, 4.69) is 4.74 Å². The molecule has 0 radical (unpaired) electrons. The van der Waals surface area contributed by atoms with Gasteiger partial charge in [-0.05, 0) is 77.3 Å². The van der Waals surface area contributed by atoms with Gasteiger partial charge in [0.25, 0.3) is 0 Å². The van der Waals surface area contributed by atoms with Crippen LogP contribution >= 0.6 is 0 Å². The lowest BCUT2D eigenvalue weighted by Crippen LogP contribution is -2.38. The van der Waals surface area contributed by atoms with Crippen molar-refractivity contribution in [2.45, 2.75) is 95.7 Å². The predicted octanol–water partition coefficient (Wildman–Crippen LogP) is 6.95. The Morgan fingerprint density at radius 3 is 1.76 bits per heavy atom. The van der Waals surface area contributed by atoms with Gasteiger partial charge in [0, 0.05) is 13.2 Å². The molecule has 4 nitrogen and oxygen atoms in total. The van der Waals surface area contributed by atoms with Gasteiger partial charge in [-0.2, -0.15) is 22.0 Å². The molecule has 10 heteroatoms. The van der Waals surface area contributed by atoms with Crippen molar-refractivity contribution >= 4 is 0 Å². The largest absolute Gasteiger partial charge is 0.429 e. The Labute approximate surface area is 195 Å². The highest BCUT2D eigenvalue weighted by Crippen LogP contribution is 2.42. The molecule has 2 aliphatic rings. The van der Waals surface area contributed by atoms with E-state index >= 15 is 0 Å². The summed E-state index contributed by atoms with van der Waals surface area (Å²) in [7, 11) is 0. The Morgan fingerprint density at radius 2 is 1.24 bits per heavy atom. The Balaban J connectivity index is 1.65. The zero-order valence-electron chi connectivity index (χ0n) is 19.4. The fourth-order valence-corrected chi connectivity index (χ4v) is 4.69. The SMILES string of the molecule is CCOC1CCC(OC(F)(F)c2ccc(OC(F)(F)C3CCC(OCC)CC3)c(F)c2F)CC1. The summed E-state index contributed by atoms with van der Waals surface area (Å²) in [5.41, 5.74) is -1.36. The first kappa shape index (κ1) is 27.1. The van der Waals surface area contributed by atoms with Crippen LogP contribution < -0.4 is 4.74 Å². The Hall–Kier alpha value is -1.52. The van der Waals surface area contributed by atoms with Gasteiger partial charge in [-0.3, -0.25) is 0 Å². The standard InChI is InChI=1S/C24H32F6O4/c1-3-31-16-7-5-15(6-8-16)23(27,28)34-20-14-13-19(21(25)22(20)26)24(29,30)33-18-11-9-17(10-12-18)32-4-2/h13-18H,3-12H2,1-2H3. The Morgan fingerprint density at radius 1 is 0.735 bits per heavy atom. The Kier molecular flexibility index (Phi) is 9.14. The minimum absolute atomic E-state index is 0.0417. The molecule has 194 valence electrons. The van der Waals surface area contributed by atoms with Gasteiger partial charge in [-0.15, -0.1) is 0 Å². The number of ether oxygens (including phenoxy) is 4. The van der Waals surface area contributed by atoms with Crippen molar-refractivity contribution in [1.82, 2.24) is 0 Å². The molecular formula is C24H32F6O4. The molecule has 34 heavy (non-hydrogen) atoms. The van der Waals surface area contributed by atoms with Crippen molar-refractivity contribution in [3.8, 4) is 5.75 Å². The van der Waals surface area contributed by atoms with Crippen LogP contribution in [0.1, 0.15) is 70.8 Å². The molecule has 0 unspecified atom stereocenters. The molecule has 1 aromatic carbocycles. The van der Waals surface area contributed by atoms with Crippen molar-refractivity contribution in [2.75, 3.05) is 13.2 Å². The summed E-state index contributed by atoms with van der Waals surface area (Å²) in [6, 6.07) is 1.12. The molecule has 3 rings (SSSR count). The van der Waals surface area contributed by atoms with E-state index in [4.69, 9.17) is 14.2 Å². The highest BCUT2D eigenvalue weighted by atomic mass is 19.3. The maximum absolute atomic E-state index is 14.6. The number of hydrogen-bond acceptors (Lipinski definition) is 4. The van der Waals surface area contributed by atoms with E-state index in [0.717, 1.165) is 0 Å². The van der Waals surface area contributed by atoms with Crippen LogP contribution in [0.15, 0.2) is 12.1 Å². The minimum Gasteiger partial charge on any atom is -0.429 e. The van der Waals surface area contributed by atoms with Crippen LogP contribution in [0, 0.1) is 17.6 Å². The number of rotatable bonds is 10. The fourth-order valence-electron chi connectivity index (χ4n) is 4.69. The molecule has 1 aromatic rings. The van der Waals surface area contributed by atoms with Gasteiger partial charge in [0.15, 0.2) is 11.6 Å². The van der Waals surface area contributed by atoms with Gasteiger partial charge in [0.05, 0.1) is 29.8 Å². The molecular weight excluding hydrogens is 466 g/mol. The van der Waals surface area contributed by atoms with E-state index < -0.39 is 47.2 Å². The van der Waals surface area contributed by atoms with Gasteiger partial charge >= 0.3 is 12.2 Å². The molecule has 0 amide bonds. The predicted molar refractivity (Wildman–Crippen MR) is 112 cm³/mol. The first-order valence-electron chi connectivity index (χ1n) is 11.9. The van der Waals surface area contributed by atoms with Crippen molar-refractivity contribution in [3.63, 3.8) is 0 Å². The van der Waals surface area contributed by atoms with Crippen LogP contribution in [-0.2, 0) is 20.3 Å². The van der Waals surface area contributed by atoms with Crippen LogP contribution in [0.25, 0.3) is 0 Å². The second kappa shape index (κ2) is 11.5. The summed E-state index contributed by atoms with van der Waals surface area (Å²) in [6.45, 7) is 4.64. The lowest BCUT2D eigenvalue weighted by molar-refractivity contribution is -0.280. The molecule has 0 aliphatic heterocycles. The molecule has 0 bridgehead atoms. The molecule has 2 aliphatic carbocycles. The van der Waals surface area contributed by atoms with Crippen LogP contribution in [0.2, 0.25) is 0 Å². The van der Waals surface area contributed by atoms with Crippen molar-refractivity contribution in [2.24, 2.45) is 5.92 Å². The third-order valence-electron chi connectivity index (χ3n) is 6.50. The van der Waals surface area contributed by atoms with E-state index in [0.29, 0.717) is 51.0 Å². The van der Waals surface area contributed by atoms with Crippen LogP contribution in [-0.4, -0.2) is 37.6 Å². The van der Waals surface area contributed by atoms with Crippen molar-refractivity contribution in [3.05, 3.63) is 29.3 Å². The second-order valence-corrected chi connectivity index (χ2v) is 8.82. The quantitative estimate of drug-likeness (QED) is 0.327. The molecule has 0 saturated heterocycles. The average Bonchev–Trinajstić information content (AvgIpc) is 2.79. The third kappa shape index (κ3) is 6.57. The molecule has 0 atom stereocenters. The van der Waals surface area contributed by atoms with E-state index in [-0.39, 0.29) is 37.9 Å². The van der Waals surface area contributed by atoms with Gasteiger partial charge in [0.1, 0.15) is 0 Å². The number of halogens is 6. The molecule has 2 saturated carbocycles. The highest BCUT2D eigenvalue weighted by molar-refractivity contribution is 5.33. The van der Waals surface area contributed by atoms with Crippen molar-refractivity contribution in [1.29, 1.82) is 0 Å². The maximum atomic E-state index is 14.6. The monoisotopic (exact) mass is 498 g/mol. The topological polar surface area (TPSA) is 36.9 Å². The average molecular weight is 499 g/mol. The van der Waals surface area contributed by atoms with E-state index in [1.165, 1.54) is 0 Å². The number of alkyl halides is 4. The first-order valence-corrected chi connectivity index (χ1v) is 11.9. The fraction of sp³-hybridized carbons (Fsp3) is 0.750. The van der Waals surface area contributed by atoms with Gasteiger partial charge < -0.3 is 18.9 Å². The number of benzene rings is 1. The van der Waals surface area contributed by atoms with E-state index in [1.807, 2.05) is 13.8 Å². The minimum atomic E-state index is -4.13. The summed E-state index contributed by atoms with van der Waals surface area (Å²) < 4.78 is 108. The summed E-state index contributed by atoms with van der Waals surface area (Å²) in [6.07, 6.45) is -6.41. The molecule has 0 aromatic heterocycles. The lowest BCUT2D eigenvalue weighted by atomic mass is 9.86. The molecule has 0 heterocycles. The highest BCUT2D eigenvalue weighted by Gasteiger charge is 2.46.